The van der Waals surface area contributed by atoms with Crippen molar-refractivity contribution >= 4 is 0 Å². The Bertz CT molecular complexity index is 136. The van der Waals surface area contributed by atoms with Crippen LogP contribution in [0.4, 0.5) is 13.2 Å². The van der Waals surface area contributed by atoms with Crippen LogP contribution in [0.1, 0.15) is 6.42 Å². The van der Waals surface area contributed by atoms with E-state index in [1.54, 1.807) is 0 Å². The number of alkyl halides is 3. The maximum Gasteiger partial charge on any atom is 0.393 e. The standard InChI is InChI=1S/C6H10F3NO/c7-6(8,9)4-1-5(3-11)10-2-4/h4-5,10-11H,1-3H2/t4-,5-/m0/s1. The zero-order valence-electron chi connectivity index (χ0n) is 5.86. The second kappa shape index (κ2) is 2.98. The van der Waals surface area contributed by atoms with E-state index >= 15 is 0 Å². The van der Waals surface area contributed by atoms with Crippen LogP contribution < -0.4 is 5.32 Å². The van der Waals surface area contributed by atoms with Crippen molar-refractivity contribution in [2.24, 2.45) is 5.92 Å². The average molecular weight is 169 g/mol. The molecule has 2 N–H and O–H groups in total. The van der Waals surface area contributed by atoms with Gasteiger partial charge < -0.3 is 10.4 Å². The van der Waals surface area contributed by atoms with Crippen LogP contribution in [0.2, 0.25) is 0 Å². The minimum Gasteiger partial charge on any atom is -0.395 e. The molecule has 0 amide bonds. The lowest BCUT2D eigenvalue weighted by molar-refractivity contribution is -0.169. The summed E-state index contributed by atoms with van der Waals surface area (Å²) in [5.41, 5.74) is 0. The molecule has 1 aliphatic heterocycles. The maximum atomic E-state index is 11.9. The first-order chi connectivity index (χ1) is 5.04. The van der Waals surface area contributed by atoms with Gasteiger partial charge in [-0.05, 0) is 6.42 Å². The Morgan fingerprint density at radius 3 is 2.36 bits per heavy atom. The van der Waals surface area contributed by atoms with E-state index in [1.807, 2.05) is 0 Å². The Morgan fingerprint density at radius 2 is 2.09 bits per heavy atom. The minimum absolute atomic E-state index is 0. The highest BCUT2D eigenvalue weighted by molar-refractivity contribution is 4.84. The minimum atomic E-state index is -4.11. The van der Waals surface area contributed by atoms with Gasteiger partial charge in [0.05, 0.1) is 12.5 Å². The summed E-state index contributed by atoms with van der Waals surface area (Å²) >= 11 is 0. The molecule has 5 heteroatoms. The summed E-state index contributed by atoms with van der Waals surface area (Å²) in [5, 5.41) is 11.1. The summed E-state index contributed by atoms with van der Waals surface area (Å²) in [6, 6.07) is -0.373. The van der Waals surface area contributed by atoms with Gasteiger partial charge >= 0.3 is 6.18 Å². The molecule has 0 radical (unpaired) electrons. The number of nitrogens with one attached hydrogen (secondary N) is 1. The Hall–Kier alpha value is -0.290. The fourth-order valence-corrected chi connectivity index (χ4v) is 1.21. The van der Waals surface area contributed by atoms with Crippen molar-refractivity contribution in [3.8, 4) is 0 Å². The lowest BCUT2D eigenvalue weighted by Gasteiger charge is -2.12. The molecule has 66 valence electrons. The van der Waals surface area contributed by atoms with Gasteiger partial charge in [0.15, 0.2) is 0 Å². The Morgan fingerprint density at radius 1 is 1.45 bits per heavy atom. The summed E-state index contributed by atoms with van der Waals surface area (Å²) in [6.45, 7) is -0.276. The van der Waals surface area contributed by atoms with E-state index in [2.05, 4.69) is 5.32 Å². The highest BCUT2D eigenvalue weighted by Crippen LogP contribution is 2.32. The van der Waals surface area contributed by atoms with E-state index in [-0.39, 0.29) is 25.6 Å². The molecule has 0 aromatic carbocycles. The molecule has 0 spiro atoms. The molecule has 1 rings (SSSR count). The molecule has 1 aliphatic rings. The topological polar surface area (TPSA) is 32.3 Å². The normalized spacial score (nSPS) is 32.7. The lowest BCUT2D eigenvalue weighted by atomic mass is 10.1. The van der Waals surface area contributed by atoms with Crippen molar-refractivity contribution in [3.63, 3.8) is 0 Å². The third kappa shape index (κ3) is 2.07. The van der Waals surface area contributed by atoms with Crippen LogP contribution in [0.5, 0.6) is 0 Å². The van der Waals surface area contributed by atoms with Gasteiger partial charge in [-0.15, -0.1) is 0 Å². The zero-order chi connectivity index (χ0) is 8.48. The highest BCUT2D eigenvalue weighted by atomic mass is 19.4. The molecule has 1 fully saturated rings. The van der Waals surface area contributed by atoms with E-state index in [9.17, 15) is 13.2 Å². The lowest BCUT2D eigenvalue weighted by Crippen LogP contribution is -2.25. The van der Waals surface area contributed by atoms with E-state index in [4.69, 9.17) is 5.11 Å². The summed E-state index contributed by atoms with van der Waals surface area (Å²) in [4.78, 5) is 0. The molecule has 0 bridgehead atoms. The fourth-order valence-electron chi connectivity index (χ4n) is 1.21. The maximum absolute atomic E-state index is 11.9. The van der Waals surface area contributed by atoms with Gasteiger partial charge in [-0.3, -0.25) is 0 Å². The molecule has 11 heavy (non-hydrogen) atoms. The highest BCUT2D eigenvalue weighted by Gasteiger charge is 2.43. The number of hydrogen-bond acceptors (Lipinski definition) is 2. The van der Waals surface area contributed by atoms with E-state index in [0.29, 0.717) is 0 Å². The largest absolute Gasteiger partial charge is 0.395 e. The molecule has 1 heterocycles. The van der Waals surface area contributed by atoms with Crippen LogP contribution in [0.25, 0.3) is 0 Å². The number of aliphatic hydroxyl groups excluding tert-OH is 1. The molecule has 0 unspecified atom stereocenters. The molecular formula is C6H10F3NO. The van der Waals surface area contributed by atoms with Crippen molar-refractivity contribution in [2.75, 3.05) is 13.2 Å². The van der Waals surface area contributed by atoms with Crippen LogP contribution in [-0.4, -0.2) is 30.5 Å². The Kier molecular flexibility index (Phi) is 2.39. The van der Waals surface area contributed by atoms with Gasteiger partial charge in [0, 0.05) is 12.6 Å². The Labute approximate surface area is 62.4 Å². The van der Waals surface area contributed by atoms with Crippen molar-refractivity contribution < 1.29 is 18.3 Å². The Balaban J connectivity index is 2.42. The fraction of sp³-hybridized carbons (Fsp3) is 1.00. The number of rotatable bonds is 1. The summed E-state index contributed by atoms with van der Waals surface area (Å²) in [7, 11) is 0. The van der Waals surface area contributed by atoms with Crippen molar-refractivity contribution in [2.45, 2.75) is 18.6 Å². The van der Waals surface area contributed by atoms with Gasteiger partial charge in [-0.2, -0.15) is 13.2 Å². The third-order valence-corrected chi connectivity index (χ3v) is 1.91. The van der Waals surface area contributed by atoms with Gasteiger partial charge in [-0.1, -0.05) is 0 Å². The third-order valence-electron chi connectivity index (χ3n) is 1.91. The van der Waals surface area contributed by atoms with Crippen molar-refractivity contribution in [1.29, 1.82) is 0 Å². The van der Waals surface area contributed by atoms with E-state index in [0.717, 1.165) is 0 Å². The first kappa shape index (κ1) is 8.80. The SMILES string of the molecule is OC[C@@H]1C[C@H](C(F)(F)F)CN1. The summed E-state index contributed by atoms with van der Waals surface area (Å²) in [6.07, 6.45) is -4.11. The molecule has 0 saturated carbocycles. The molecule has 2 nitrogen and oxygen atoms in total. The first-order valence-electron chi connectivity index (χ1n) is 3.45. The first-order valence-corrected chi connectivity index (χ1v) is 3.45. The molecular weight excluding hydrogens is 159 g/mol. The van der Waals surface area contributed by atoms with E-state index < -0.39 is 12.1 Å². The monoisotopic (exact) mass is 169 g/mol. The van der Waals surface area contributed by atoms with Crippen LogP contribution in [0.15, 0.2) is 0 Å². The zero-order valence-corrected chi connectivity index (χ0v) is 5.86. The summed E-state index contributed by atoms with van der Waals surface area (Å²) in [5.74, 6) is -1.28. The smallest absolute Gasteiger partial charge is 0.393 e. The molecule has 0 aliphatic carbocycles. The molecule has 0 aromatic rings. The predicted octanol–water partition coefficient (Wildman–Crippen LogP) is 0.519. The van der Waals surface area contributed by atoms with Crippen molar-refractivity contribution in [1.82, 2.24) is 5.32 Å². The number of hydrogen-bond donors (Lipinski definition) is 2. The molecule has 2 atom stereocenters. The number of halogens is 3. The van der Waals surface area contributed by atoms with Crippen LogP contribution >= 0.6 is 0 Å². The predicted molar refractivity (Wildman–Crippen MR) is 33.0 cm³/mol. The van der Waals surface area contributed by atoms with Crippen LogP contribution in [-0.2, 0) is 0 Å². The van der Waals surface area contributed by atoms with Gasteiger partial charge in [0.1, 0.15) is 0 Å². The van der Waals surface area contributed by atoms with Crippen LogP contribution in [0, 0.1) is 5.92 Å². The second-order valence-electron chi connectivity index (χ2n) is 2.76. The summed E-state index contributed by atoms with van der Waals surface area (Å²) < 4.78 is 35.8. The van der Waals surface area contributed by atoms with Crippen molar-refractivity contribution in [3.05, 3.63) is 0 Å². The molecule has 1 saturated heterocycles. The second-order valence-corrected chi connectivity index (χ2v) is 2.76. The molecule has 0 aromatic heterocycles. The van der Waals surface area contributed by atoms with Gasteiger partial charge in [-0.25, -0.2) is 0 Å². The van der Waals surface area contributed by atoms with E-state index in [1.165, 1.54) is 0 Å². The average Bonchev–Trinajstić information content (AvgIpc) is 2.32. The van der Waals surface area contributed by atoms with Gasteiger partial charge in [0.2, 0.25) is 0 Å². The van der Waals surface area contributed by atoms with Crippen LogP contribution in [0.3, 0.4) is 0 Å². The van der Waals surface area contributed by atoms with Gasteiger partial charge in [0.25, 0.3) is 0 Å². The number of aliphatic hydroxyl groups is 1. The quantitative estimate of drug-likeness (QED) is 0.599.